The fourth-order valence-electron chi connectivity index (χ4n) is 2.87. The molecule has 0 amide bonds. The van der Waals surface area contributed by atoms with Gasteiger partial charge < -0.3 is 4.74 Å². The van der Waals surface area contributed by atoms with Gasteiger partial charge in [0.1, 0.15) is 0 Å². The zero-order valence-electron chi connectivity index (χ0n) is 11.1. The molecule has 0 spiro atoms. The Morgan fingerprint density at radius 1 is 1.17 bits per heavy atom. The molecular formula is C15H18N2O. The standard InChI is InChI=1S/C15H18N2O/c1-9-6-10(2)14(11(3)7-9)15-12-8-18-5-4-13(12)16-17-15/h6-7H,4-5,8H2,1-3H3,(H,16,17). The Bertz CT molecular complexity index is 576. The molecule has 2 heterocycles. The van der Waals surface area contributed by atoms with Gasteiger partial charge in [0.15, 0.2) is 0 Å². The van der Waals surface area contributed by atoms with Crippen molar-refractivity contribution < 1.29 is 4.74 Å². The molecule has 18 heavy (non-hydrogen) atoms. The van der Waals surface area contributed by atoms with Crippen molar-refractivity contribution in [3.05, 3.63) is 40.1 Å². The molecule has 0 unspecified atom stereocenters. The summed E-state index contributed by atoms with van der Waals surface area (Å²) >= 11 is 0. The van der Waals surface area contributed by atoms with E-state index in [1.165, 1.54) is 33.5 Å². The van der Waals surface area contributed by atoms with Gasteiger partial charge in [0, 0.05) is 23.2 Å². The van der Waals surface area contributed by atoms with Gasteiger partial charge in [0.2, 0.25) is 0 Å². The molecule has 1 N–H and O–H groups in total. The zero-order valence-corrected chi connectivity index (χ0v) is 11.1. The maximum atomic E-state index is 5.56. The number of fused-ring (bicyclic) bond motifs is 1. The molecule has 1 aliphatic heterocycles. The van der Waals surface area contributed by atoms with Gasteiger partial charge in [-0.3, -0.25) is 5.10 Å². The van der Waals surface area contributed by atoms with E-state index >= 15 is 0 Å². The van der Waals surface area contributed by atoms with Crippen LogP contribution >= 0.6 is 0 Å². The van der Waals surface area contributed by atoms with E-state index < -0.39 is 0 Å². The minimum Gasteiger partial charge on any atom is -0.376 e. The van der Waals surface area contributed by atoms with Crippen molar-refractivity contribution in [1.82, 2.24) is 10.2 Å². The van der Waals surface area contributed by atoms with Crippen LogP contribution in [0.15, 0.2) is 12.1 Å². The average Bonchev–Trinajstić information content (AvgIpc) is 2.72. The van der Waals surface area contributed by atoms with Gasteiger partial charge in [-0.15, -0.1) is 0 Å². The number of H-pyrrole nitrogens is 1. The van der Waals surface area contributed by atoms with Crippen molar-refractivity contribution in [1.29, 1.82) is 0 Å². The van der Waals surface area contributed by atoms with Crippen LogP contribution < -0.4 is 0 Å². The van der Waals surface area contributed by atoms with Gasteiger partial charge in [-0.1, -0.05) is 17.7 Å². The third-order valence-corrected chi connectivity index (χ3v) is 3.61. The average molecular weight is 242 g/mol. The van der Waals surface area contributed by atoms with Crippen LogP contribution in [-0.4, -0.2) is 16.8 Å². The van der Waals surface area contributed by atoms with Gasteiger partial charge >= 0.3 is 0 Å². The highest BCUT2D eigenvalue weighted by atomic mass is 16.5. The van der Waals surface area contributed by atoms with Gasteiger partial charge in [-0.05, 0) is 31.9 Å². The van der Waals surface area contributed by atoms with E-state index in [-0.39, 0.29) is 0 Å². The predicted molar refractivity (Wildman–Crippen MR) is 71.6 cm³/mol. The number of ether oxygens (including phenoxy) is 1. The van der Waals surface area contributed by atoms with E-state index in [9.17, 15) is 0 Å². The summed E-state index contributed by atoms with van der Waals surface area (Å²) in [6.07, 6.45) is 0.937. The first-order chi connectivity index (χ1) is 8.66. The number of nitrogens with one attached hydrogen (secondary N) is 1. The van der Waals surface area contributed by atoms with Crippen LogP contribution in [-0.2, 0) is 17.8 Å². The fourth-order valence-corrected chi connectivity index (χ4v) is 2.87. The summed E-state index contributed by atoms with van der Waals surface area (Å²) in [6.45, 7) is 7.90. The van der Waals surface area contributed by atoms with Crippen molar-refractivity contribution in [2.24, 2.45) is 0 Å². The smallest absolute Gasteiger partial charge is 0.0984 e. The molecule has 0 saturated heterocycles. The fraction of sp³-hybridized carbons (Fsp3) is 0.400. The van der Waals surface area contributed by atoms with Crippen molar-refractivity contribution >= 4 is 0 Å². The van der Waals surface area contributed by atoms with Gasteiger partial charge in [0.05, 0.1) is 18.9 Å². The summed E-state index contributed by atoms with van der Waals surface area (Å²) in [5.74, 6) is 0. The minimum atomic E-state index is 0.675. The molecule has 1 aromatic heterocycles. The summed E-state index contributed by atoms with van der Waals surface area (Å²) in [7, 11) is 0. The van der Waals surface area contributed by atoms with Crippen LogP contribution in [0.3, 0.4) is 0 Å². The second-order valence-corrected chi connectivity index (χ2v) is 5.11. The van der Waals surface area contributed by atoms with Crippen LogP contribution in [0.1, 0.15) is 27.9 Å². The van der Waals surface area contributed by atoms with Crippen LogP contribution in [0.25, 0.3) is 11.3 Å². The molecule has 3 heteroatoms. The first-order valence-corrected chi connectivity index (χ1v) is 6.39. The minimum absolute atomic E-state index is 0.675. The highest BCUT2D eigenvalue weighted by molar-refractivity contribution is 5.71. The lowest BCUT2D eigenvalue weighted by Gasteiger charge is -2.15. The van der Waals surface area contributed by atoms with Crippen molar-refractivity contribution in [2.75, 3.05) is 6.61 Å². The van der Waals surface area contributed by atoms with E-state index in [1.54, 1.807) is 0 Å². The molecule has 0 saturated carbocycles. The molecule has 0 fully saturated rings. The van der Waals surface area contributed by atoms with Crippen molar-refractivity contribution in [3.63, 3.8) is 0 Å². The summed E-state index contributed by atoms with van der Waals surface area (Å²) in [4.78, 5) is 0. The summed E-state index contributed by atoms with van der Waals surface area (Å²) in [5, 5.41) is 7.68. The zero-order chi connectivity index (χ0) is 12.7. The van der Waals surface area contributed by atoms with Gasteiger partial charge in [0.25, 0.3) is 0 Å². The summed E-state index contributed by atoms with van der Waals surface area (Å²) in [5.41, 5.74) is 8.66. The van der Waals surface area contributed by atoms with Crippen LogP contribution in [0, 0.1) is 20.8 Å². The topological polar surface area (TPSA) is 37.9 Å². The number of aryl methyl sites for hydroxylation is 3. The van der Waals surface area contributed by atoms with E-state index in [2.05, 4.69) is 43.1 Å². The molecule has 0 atom stereocenters. The van der Waals surface area contributed by atoms with E-state index in [1.807, 2.05) is 0 Å². The number of benzene rings is 1. The third kappa shape index (κ3) is 1.75. The Kier molecular flexibility index (Phi) is 2.71. The molecular weight excluding hydrogens is 224 g/mol. The number of nitrogens with zero attached hydrogens (tertiary/aromatic N) is 1. The normalized spacial score (nSPS) is 14.6. The van der Waals surface area contributed by atoms with Gasteiger partial charge in [-0.25, -0.2) is 0 Å². The monoisotopic (exact) mass is 242 g/mol. The second kappa shape index (κ2) is 4.25. The highest BCUT2D eigenvalue weighted by Gasteiger charge is 2.20. The molecule has 0 aliphatic carbocycles. The van der Waals surface area contributed by atoms with Gasteiger partial charge in [-0.2, -0.15) is 5.10 Å². The summed E-state index contributed by atoms with van der Waals surface area (Å²) < 4.78 is 5.56. The molecule has 3 rings (SSSR count). The number of aromatic nitrogens is 2. The lowest BCUT2D eigenvalue weighted by molar-refractivity contribution is 0.110. The maximum absolute atomic E-state index is 5.56. The molecule has 94 valence electrons. The second-order valence-electron chi connectivity index (χ2n) is 5.11. The lowest BCUT2D eigenvalue weighted by Crippen LogP contribution is -2.09. The first-order valence-electron chi connectivity index (χ1n) is 6.39. The molecule has 0 radical (unpaired) electrons. The molecule has 0 bridgehead atoms. The Labute approximate surface area is 107 Å². The summed E-state index contributed by atoms with van der Waals surface area (Å²) in [6, 6.07) is 4.43. The predicted octanol–water partition coefficient (Wildman–Crippen LogP) is 3.07. The van der Waals surface area contributed by atoms with Crippen molar-refractivity contribution in [3.8, 4) is 11.3 Å². The Morgan fingerprint density at radius 3 is 2.61 bits per heavy atom. The van der Waals surface area contributed by atoms with Crippen LogP contribution in [0.5, 0.6) is 0 Å². The molecule has 1 aromatic carbocycles. The number of aromatic amines is 1. The van der Waals surface area contributed by atoms with E-state index in [4.69, 9.17) is 4.74 Å². The number of hydrogen-bond acceptors (Lipinski definition) is 2. The van der Waals surface area contributed by atoms with Crippen LogP contribution in [0.2, 0.25) is 0 Å². The Morgan fingerprint density at radius 2 is 1.89 bits per heavy atom. The third-order valence-electron chi connectivity index (χ3n) is 3.61. The van der Waals surface area contributed by atoms with Crippen LogP contribution in [0.4, 0.5) is 0 Å². The molecule has 3 nitrogen and oxygen atoms in total. The van der Waals surface area contributed by atoms with E-state index in [0.29, 0.717) is 6.61 Å². The maximum Gasteiger partial charge on any atom is 0.0984 e. The number of hydrogen-bond donors (Lipinski definition) is 1. The molecule has 2 aromatic rings. The largest absolute Gasteiger partial charge is 0.376 e. The highest BCUT2D eigenvalue weighted by Crippen LogP contribution is 2.32. The quantitative estimate of drug-likeness (QED) is 0.834. The SMILES string of the molecule is Cc1cc(C)c(-c2n[nH]c3c2COCC3)c(C)c1. The van der Waals surface area contributed by atoms with E-state index in [0.717, 1.165) is 18.7 Å². The Balaban J connectivity index is 2.18. The lowest BCUT2D eigenvalue weighted by atomic mass is 9.94. The first kappa shape index (κ1) is 11.5. The number of rotatable bonds is 1. The Hall–Kier alpha value is -1.61. The van der Waals surface area contributed by atoms with Crippen molar-refractivity contribution in [2.45, 2.75) is 33.8 Å². The molecule has 1 aliphatic rings.